The molecule has 0 heterocycles. The highest BCUT2D eigenvalue weighted by molar-refractivity contribution is 14.2. The molecule has 0 aliphatic heterocycles. The molecule has 222 valence electrons. The summed E-state index contributed by atoms with van der Waals surface area (Å²) in [5.41, 5.74) is 10.3. The minimum atomic E-state index is -0.0210. The lowest BCUT2D eigenvalue weighted by molar-refractivity contribution is -0.0239. The van der Waals surface area contributed by atoms with E-state index in [-0.39, 0.29) is 16.4 Å². The summed E-state index contributed by atoms with van der Waals surface area (Å²) in [6.45, 7) is 25.4. The average molecular weight is 650 g/mol. The third-order valence-corrected chi connectivity index (χ3v) is 10.6. The second-order valence-corrected chi connectivity index (χ2v) is 16.2. The fourth-order valence-corrected chi connectivity index (χ4v) is 8.25. The van der Waals surface area contributed by atoms with E-state index in [2.05, 4.69) is 75.7 Å². The van der Waals surface area contributed by atoms with Gasteiger partial charge in [-0.05, 0) is 126 Å². The van der Waals surface area contributed by atoms with E-state index >= 15 is 0 Å². The van der Waals surface area contributed by atoms with Gasteiger partial charge in [0.05, 0.1) is 0 Å². The molecule has 0 spiro atoms. The Morgan fingerprint density at radius 1 is 1.03 bits per heavy atom. The molecule has 0 saturated heterocycles. The molecule has 2 N–H and O–H groups in total. The third kappa shape index (κ3) is 9.14. The molecule has 0 aromatic rings. The van der Waals surface area contributed by atoms with Gasteiger partial charge < -0.3 is 5.73 Å². The van der Waals surface area contributed by atoms with Crippen molar-refractivity contribution in [1.29, 1.82) is 0 Å². The summed E-state index contributed by atoms with van der Waals surface area (Å²) in [5.74, 6) is 2.51. The van der Waals surface area contributed by atoms with Crippen molar-refractivity contribution in [3.63, 3.8) is 0 Å². The summed E-state index contributed by atoms with van der Waals surface area (Å²) in [4.78, 5) is 0. The molecule has 0 amide bonds. The van der Waals surface area contributed by atoms with E-state index in [0.29, 0.717) is 5.41 Å². The molecule has 37 heavy (non-hydrogen) atoms. The van der Waals surface area contributed by atoms with Crippen LogP contribution in [-0.2, 0) is 0 Å². The van der Waals surface area contributed by atoms with Gasteiger partial charge in [0, 0.05) is 5.54 Å². The van der Waals surface area contributed by atoms with E-state index in [1.165, 1.54) is 83.5 Å². The fourth-order valence-electron chi connectivity index (χ4n) is 8.25. The molecule has 3 heteroatoms. The Balaban J connectivity index is 0.00000169. The minimum Gasteiger partial charge on any atom is -0.324 e. The molecule has 0 bridgehead atoms. The largest absolute Gasteiger partial charge is 0.324 e. The van der Waals surface area contributed by atoms with Crippen LogP contribution in [0.5, 0.6) is 0 Å². The van der Waals surface area contributed by atoms with Gasteiger partial charge in [0.2, 0.25) is 0 Å². The van der Waals surface area contributed by atoms with Crippen molar-refractivity contribution >= 4 is 30.1 Å². The summed E-state index contributed by atoms with van der Waals surface area (Å²) < 4.78 is 0. The number of nitrogens with two attached hydrogens (primary N) is 1. The maximum Gasteiger partial charge on any atom is 0.0266 e. The van der Waals surface area contributed by atoms with Crippen LogP contribution in [0.1, 0.15) is 160 Å². The van der Waals surface area contributed by atoms with Gasteiger partial charge >= 0.3 is 0 Å². The molecule has 3 aliphatic rings. The van der Waals surface area contributed by atoms with Gasteiger partial charge in [0.25, 0.3) is 0 Å². The Morgan fingerprint density at radius 3 is 2.16 bits per heavy atom. The van der Waals surface area contributed by atoms with Gasteiger partial charge in [0.15, 0.2) is 0 Å². The van der Waals surface area contributed by atoms with E-state index in [1.54, 1.807) is 14.5 Å². The van der Waals surface area contributed by atoms with Crippen molar-refractivity contribution in [3.8, 4) is 0 Å². The van der Waals surface area contributed by atoms with Crippen LogP contribution in [-0.4, -0.2) is 11.8 Å². The van der Waals surface area contributed by atoms with Gasteiger partial charge in [-0.2, -0.15) is 0 Å². The summed E-state index contributed by atoms with van der Waals surface area (Å²) in [6, 6.07) is 0. The third-order valence-electron chi connectivity index (χ3n) is 10.6. The second kappa shape index (κ2) is 17.6. The highest BCUT2D eigenvalue weighted by Crippen LogP contribution is 2.65. The van der Waals surface area contributed by atoms with E-state index in [1.807, 2.05) is 34.0 Å². The lowest BCUT2D eigenvalue weighted by atomic mass is 9.50. The predicted octanol–water partition coefficient (Wildman–Crippen LogP) is 12.4. The molecular formula is C34H68INS. The first-order valence-corrected chi connectivity index (χ1v) is 19.8. The predicted molar refractivity (Wildman–Crippen MR) is 183 cm³/mol. The average Bonchev–Trinajstić information content (AvgIpc) is 3.04. The molecule has 0 aromatic heterocycles. The van der Waals surface area contributed by atoms with Crippen LogP contribution in [0.15, 0.2) is 11.6 Å². The summed E-state index contributed by atoms with van der Waals surface area (Å²) in [6.07, 6.45) is 22.0. The summed E-state index contributed by atoms with van der Waals surface area (Å²) in [7, 11) is 1.72. The first-order valence-electron chi connectivity index (χ1n) is 16.0. The van der Waals surface area contributed by atoms with Crippen LogP contribution in [0.3, 0.4) is 0 Å². The number of halogens is 1. The zero-order valence-electron chi connectivity index (χ0n) is 27.4. The Hall–Kier alpha value is 0.780. The fraction of sp³-hybridized carbons (Fsp3) is 0.941. The van der Waals surface area contributed by atoms with Crippen molar-refractivity contribution < 1.29 is 0 Å². The van der Waals surface area contributed by atoms with Gasteiger partial charge in [-0.3, -0.25) is 0 Å². The van der Waals surface area contributed by atoms with Gasteiger partial charge in [-0.25, -0.2) is 0 Å². The molecular weight excluding hydrogens is 581 g/mol. The molecule has 0 radical (unpaired) electrons. The van der Waals surface area contributed by atoms with Gasteiger partial charge in [0.1, 0.15) is 0 Å². The van der Waals surface area contributed by atoms with Crippen LogP contribution in [0.4, 0.5) is 0 Å². The number of hydrogen-bond donors (Lipinski definition) is 1. The quantitative estimate of drug-likeness (QED) is 0.169. The van der Waals surface area contributed by atoms with Crippen molar-refractivity contribution in [2.75, 3.05) is 6.26 Å². The first-order chi connectivity index (χ1) is 17.4. The monoisotopic (exact) mass is 649 g/mol. The Labute approximate surface area is 251 Å². The maximum atomic E-state index is 7.65. The Kier molecular flexibility index (Phi) is 17.9. The molecule has 3 aliphatic carbocycles. The molecule has 6 atom stereocenters. The van der Waals surface area contributed by atoms with E-state index < -0.39 is 0 Å². The van der Waals surface area contributed by atoms with Crippen LogP contribution in [0.2, 0.25) is 0 Å². The number of unbranched alkanes of at least 4 members (excludes halogenated alkanes) is 1. The molecule has 2 saturated carbocycles. The van der Waals surface area contributed by atoms with Crippen molar-refractivity contribution in [2.24, 2.45) is 39.7 Å². The Morgan fingerprint density at radius 2 is 1.62 bits per heavy atom. The lowest BCUT2D eigenvalue weighted by Gasteiger charge is -2.57. The van der Waals surface area contributed by atoms with E-state index in [9.17, 15) is 0 Å². The first kappa shape index (κ1) is 37.8. The molecule has 1 nitrogen and oxygen atoms in total. The van der Waals surface area contributed by atoms with E-state index in [0.717, 1.165) is 17.8 Å². The van der Waals surface area contributed by atoms with Crippen molar-refractivity contribution in [3.05, 3.63) is 11.6 Å². The SMILES string of the molecule is CC.CC.CC[C@]1(C)C(CCCCC(C)C)CC[C@@]1(N)[C@]1(C)CCC=C2C[C@@H](C)CC[C@]2(C)C1.CSI. The molecule has 2 fully saturated rings. The highest BCUT2D eigenvalue weighted by Gasteiger charge is 2.62. The van der Waals surface area contributed by atoms with Crippen LogP contribution in [0, 0.1) is 34.0 Å². The van der Waals surface area contributed by atoms with Gasteiger partial charge in [-0.1, -0.05) is 116 Å². The zero-order valence-corrected chi connectivity index (χ0v) is 30.3. The smallest absolute Gasteiger partial charge is 0.0266 e. The van der Waals surface area contributed by atoms with Crippen LogP contribution in [0.25, 0.3) is 0 Å². The van der Waals surface area contributed by atoms with Crippen LogP contribution < -0.4 is 5.73 Å². The number of rotatable bonds is 7. The summed E-state index contributed by atoms with van der Waals surface area (Å²) >= 11 is 2.20. The summed E-state index contributed by atoms with van der Waals surface area (Å²) in [5, 5.41) is 0. The molecule has 1 unspecified atom stereocenters. The molecule has 3 rings (SSSR count). The Bertz CT molecular complexity index is 648. The minimum absolute atomic E-state index is 0.0210. The van der Waals surface area contributed by atoms with Gasteiger partial charge in [-0.15, -0.1) is 0 Å². The standard InChI is InChI=1S/C29H53N.2C2H6.CH3IS/c1-8-28(7)24(13-10-9-12-22(2)3)16-19-29(28,30)27(6)17-11-14-25-20-23(4)15-18-26(25,5)21-27;2*1-2;1-3-2/h14,22-24H,8-13,15-21,30H2,1-7H3;2*1-2H3;1H3/t23-,24?,26+,27+,28+,29+;;;/m0.../s1. The number of allylic oxidation sites excluding steroid dienone is 2. The van der Waals surface area contributed by atoms with Crippen molar-refractivity contribution in [2.45, 2.75) is 165 Å². The van der Waals surface area contributed by atoms with E-state index in [4.69, 9.17) is 5.73 Å². The lowest BCUT2D eigenvalue weighted by Crippen LogP contribution is -2.63. The topological polar surface area (TPSA) is 26.0 Å². The normalized spacial score (nSPS) is 37.0. The van der Waals surface area contributed by atoms with Crippen molar-refractivity contribution in [1.82, 2.24) is 0 Å². The number of hydrogen-bond acceptors (Lipinski definition) is 2. The zero-order chi connectivity index (χ0) is 28.9. The maximum absolute atomic E-state index is 7.65. The highest BCUT2D eigenvalue weighted by atomic mass is 127. The number of fused-ring (bicyclic) bond motifs is 1. The second-order valence-electron chi connectivity index (χ2n) is 13.2. The van der Waals surface area contributed by atoms with Crippen LogP contribution >= 0.6 is 30.1 Å². The molecule has 0 aromatic carbocycles.